The number of allylic oxidation sites excluding steroid dienone is 1. The lowest BCUT2D eigenvalue weighted by molar-refractivity contribution is -0.121. The highest BCUT2D eigenvalue weighted by Gasteiger charge is 2.30. The van der Waals surface area contributed by atoms with Gasteiger partial charge in [0.15, 0.2) is 0 Å². The van der Waals surface area contributed by atoms with E-state index in [4.69, 9.17) is 11.6 Å². The molecular weight excluding hydrogens is 409 g/mol. The molecule has 138 valence electrons. The molecule has 0 unspecified atom stereocenters. The Morgan fingerprint density at radius 2 is 2.30 bits per heavy atom. The second-order valence-corrected chi connectivity index (χ2v) is 8.01. The van der Waals surface area contributed by atoms with Crippen molar-refractivity contribution in [2.75, 3.05) is 11.1 Å². The number of nitrogens with zero attached hydrogens (tertiary/aromatic N) is 1. The lowest BCUT2D eigenvalue weighted by Gasteiger charge is -2.23. The average Bonchev–Trinajstić information content (AvgIpc) is 3.17. The number of thiophene rings is 1. The summed E-state index contributed by atoms with van der Waals surface area (Å²) in [4.78, 5) is 25.1. The Morgan fingerprint density at radius 3 is 2.96 bits per heavy atom. The fourth-order valence-corrected chi connectivity index (χ4v) is 4.47. The van der Waals surface area contributed by atoms with Gasteiger partial charge in [-0.1, -0.05) is 29.4 Å². The maximum absolute atomic E-state index is 13.2. The summed E-state index contributed by atoms with van der Waals surface area (Å²) in [6.45, 7) is 0. The molecule has 27 heavy (non-hydrogen) atoms. The predicted molar refractivity (Wildman–Crippen MR) is 105 cm³/mol. The number of nitrogens with one attached hydrogen (secondary N) is 2. The number of benzene rings is 1. The van der Waals surface area contributed by atoms with Crippen LogP contribution in [0.4, 0.5) is 10.1 Å². The molecule has 3 rings (SSSR count). The number of rotatable bonds is 5. The number of hydrogen-bond donors (Lipinski definition) is 2. The maximum atomic E-state index is 13.2. The third-order valence-electron chi connectivity index (χ3n) is 3.79. The van der Waals surface area contributed by atoms with Crippen LogP contribution in [0.15, 0.2) is 46.3 Å². The van der Waals surface area contributed by atoms with Gasteiger partial charge < -0.3 is 10.6 Å². The summed E-state index contributed by atoms with van der Waals surface area (Å²) in [5.74, 6) is -1.45. The van der Waals surface area contributed by atoms with Crippen molar-refractivity contribution in [2.45, 2.75) is 12.3 Å². The molecule has 5 nitrogen and oxygen atoms in total. The Labute approximate surface area is 168 Å². The molecule has 2 aromatic rings. The summed E-state index contributed by atoms with van der Waals surface area (Å²) in [6, 6.07) is 9.80. The molecule has 0 fully saturated rings. The van der Waals surface area contributed by atoms with Gasteiger partial charge >= 0.3 is 0 Å². The van der Waals surface area contributed by atoms with E-state index in [1.807, 2.05) is 17.5 Å². The van der Waals surface area contributed by atoms with Gasteiger partial charge in [-0.15, -0.1) is 11.3 Å². The van der Waals surface area contributed by atoms with Crippen molar-refractivity contribution >= 4 is 52.2 Å². The van der Waals surface area contributed by atoms with Gasteiger partial charge in [-0.05, 0) is 29.6 Å². The first-order valence-corrected chi connectivity index (χ1v) is 10.1. The molecule has 0 spiro atoms. The largest absolute Gasteiger partial charge is 0.325 e. The molecule has 2 amide bonds. The molecule has 1 aliphatic rings. The van der Waals surface area contributed by atoms with Gasteiger partial charge in [0.2, 0.25) is 11.8 Å². The number of nitriles is 1. The number of anilines is 1. The maximum Gasteiger partial charge on any atom is 0.234 e. The number of carbonyl (C=O) groups excluding carboxylic acids is 2. The van der Waals surface area contributed by atoms with Crippen LogP contribution in [-0.4, -0.2) is 17.6 Å². The molecule has 2 heterocycles. The molecular formula is C18H13ClFN3O2S2. The second-order valence-electron chi connectivity index (χ2n) is 5.64. The molecule has 9 heteroatoms. The fourth-order valence-electron chi connectivity index (χ4n) is 2.57. The molecule has 1 aromatic heterocycles. The number of hydrogen-bond acceptors (Lipinski definition) is 5. The van der Waals surface area contributed by atoms with E-state index in [2.05, 4.69) is 16.7 Å². The van der Waals surface area contributed by atoms with Crippen molar-refractivity contribution in [2.24, 2.45) is 0 Å². The minimum atomic E-state index is -0.572. The second kappa shape index (κ2) is 8.57. The van der Waals surface area contributed by atoms with Crippen molar-refractivity contribution in [3.8, 4) is 6.07 Å². The first-order chi connectivity index (χ1) is 13.0. The molecule has 1 atom stereocenters. The van der Waals surface area contributed by atoms with Crippen molar-refractivity contribution < 1.29 is 14.0 Å². The zero-order chi connectivity index (χ0) is 19.4. The molecule has 1 aromatic carbocycles. The monoisotopic (exact) mass is 421 g/mol. The van der Waals surface area contributed by atoms with Gasteiger partial charge in [0.1, 0.15) is 5.82 Å². The molecule has 0 bridgehead atoms. The summed E-state index contributed by atoms with van der Waals surface area (Å²) >= 11 is 8.26. The van der Waals surface area contributed by atoms with Crippen LogP contribution in [0.1, 0.15) is 17.2 Å². The Bertz CT molecular complexity index is 954. The van der Waals surface area contributed by atoms with Crippen LogP contribution < -0.4 is 10.6 Å². The highest BCUT2D eigenvalue weighted by atomic mass is 35.5. The van der Waals surface area contributed by atoms with E-state index in [0.29, 0.717) is 16.3 Å². The minimum Gasteiger partial charge on any atom is -0.325 e. The van der Waals surface area contributed by atoms with Crippen molar-refractivity contribution in [3.05, 3.63) is 62.0 Å². The minimum absolute atomic E-state index is 0.0209. The quantitative estimate of drug-likeness (QED) is 0.756. The third-order valence-corrected chi connectivity index (χ3v) is 6.09. The van der Waals surface area contributed by atoms with E-state index in [0.717, 1.165) is 22.7 Å². The SMILES string of the molecule is N#CC1=C(SCC(=O)Nc2ccc(F)c(Cl)c2)NC(=O)C[C@@H]1c1cccs1. The van der Waals surface area contributed by atoms with Gasteiger partial charge in [0, 0.05) is 22.9 Å². The zero-order valence-electron chi connectivity index (χ0n) is 13.8. The summed E-state index contributed by atoms with van der Waals surface area (Å²) in [5.41, 5.74) is 0.810. The van der Waals surface area contributed by atoms with Crippen LogP contribution in [0.3, 0.4) is 0 Å². The van der Waals surface area contributed by atoms with Crippen LogP contribution in [0, 0.1) is 17.1 Å². The number of amides is 2. The highest BCUT2D eigenvalue weighted by Crippen LogP contribution is 2.37. The van der Waals surface area contributed by atoms with Gasteiger partial charge in [-0.3, -0.25) is 9.59 Å². The van der Waals surface area contributed by atoms with Crippen LogP contribution >= 0.6 is 34.7 Å². The Morgan fingerprint density at radius 1 is 1.48 bits per heavy atom. The van der Waals surface area contributed by atoms with Crippen molar-refractivity contribution in [1.29, 1.82) is 5.26 Å². The van der Waals surface area contributed by atoms with Crippen molar-refractivity contribution in [1.82, 2.24) is 5.32 Å². The molecule has 0 saturated heterocycles. The number of halogens is 2. The Kier molecular flexibility index (Phi) is 6.16. The summed E-state index contributed by atoms with van der Waals surface area (Å²) < 4.78 is 13.2. The fraction of sp³-hybridized carbons (Fsp3) is 0.167. The van der Waals surface area contributed by atoms with E-state index in [1.165, 1.54) is 23.5 Å². The number of carbonyl (C=O) groups is 2. The summed E-state index contributed by atoms with van der Waals surface area (Å²) in [5, 5.41) is 17.0. The molecule has 0 aliphatic carbocycles. The van der Waals surface area contributed by atoms with Gasteiger partial charge in [0.25, 0.3) is 0 Å². The molecule has 0 saturated carbocycles. The predicted octanol–water partition coefficient (Wildman–Crippen LogP) is 4.25. The average molecular weight is 422 g/mol. The van der Waals surface area contributed by atoms with Crippen LogP contribution in [0.25, 0.3) is 0 Å². The molecule has 1 aliphatic heterocycles. The lowest BCUT2D eigenvalue weighted by atomic mass is 9.93. The van der Waals surface area contributed by atoms with Gasteiger partial charge in [-0.2, -0.15) is 5.26 Å². The van der Waals surface area contributed by atoms with Crippen molar-refractivity contribution in [3.63, 3.8) is 0 Å². The van der Waals surface area contributed by atoms with E-state index in [9.17, 15) is 19.2 Å². The van der Waals surface area contributed by atoms with E-state index < -0.39 is 5.82 Å². The smallest absolute Gasteiger partial charge is 0.234 e. The Hall–Kier alpha value is -2.34. The van der Waals surface area contributed by atoms with E-state index >= 15 is 0 Å². The first kappa shape index (κ1) is 19.4. The van der Waals surface area contributed by atoms with E-state index in [1.54, 1.807) is 0 Å². The standard InChI is InChI=1S/C18H13ClFN3O2S2/c19-13-6-10(3-4-14(13)20)22-17(25)9-27-18-12(8-21)11(7-16(24)23-18)15-2-1-5-26-15/h1-6,11H,7,9H2,(H,22,25)(H,23,24)/t11-/m0/s1. The lowest BCUT2D eigenvalue weighted by Crippen LogP contribution is -2.31. The third kappa shape index (κ3) is 4.69. The molecule has 2 N–H and O–H groups in total. The highest BCUT2D eigenvalue weighted by molar-refractivity contribution is 8.03. The normalized spacial score (nSPS) is 16.6. The van der Waals surface area contributed by atoms with Crippen LogP contribution in [0.2, 0.25) is 5.02 Å². The van der Waals surface area contributed by atoms with Gasteiger partial charge in [-0.25, -0.2) is 4.39 Å². The Balaban J connectivity index is 1.71. The number of thioether (sulfide) groups is 1. The van der Waals surface area contributed by atoms with Crippen LogP contribution in [0.5, 0.6) is 0 Å². The molecule has 0 radical (unpaired) electrons. The first-order valence-electron chi connectivity index (χ1n) is 7.83. The van der Waals surface area contributed by atoms with Crippen LogP contribution in [-0.2, 0) is 9.59 Å². The zero-order valence-corrected chi connectivity index (χ0v) is 16.2. The summed E-state index contributed by atoms with van der Waals surface area (Å²) in [7, 11) is 0. The topological polar surface area (TPSA) is 82.0 Å². The van der Waals surface area contributed by atoms with Gasteiger partial charge in [0.05, 0.1) is 27.4 Å². The summed E-state index contributed by atoms with van der Waals surface area (Å²) in [6.07, 6.45) is 0.202. The van der Waals surface area contributed by atoms with E-state index in [-0.39, 0.29) is 34.9 Å².